The number of benzene rings is 2. The number of aliphatic hydroxyl groups is 1. The zero-order chi connectivity index (χ0) is 15.2. The molecule has 0 saturated heterocycles. The predicted octanol–water partition coefficient (Wildman–Crippen LogP) is 3.20. The summed E-state index contributed by atoms with van der Waals surface area (Å²) in [5.74, 6) is 4.83. The van der Waals surface area contributed by atoms with E-state index in [4.69, 9.17) is 9.84 Å². The first kappa shape index (κ1) is 15.0. The van der Waals surface area contributed by atoms with Crippen molar-refractivity contribution >= 4 is 0 Å². The predicted molar refractivity (Wildman–Crippen MR) is 75.8 cm³/mol. The van der Waals surface area contributed by atoms with Gasteiger partial charge in [0.2, 0.25) is 0 Å². The van der Waals surface area contributed by atoms with Crippen LogP contribution in [0.25, 0.3) is 0 Å². The fourth-order valence-corrected chi connectivity index (χ4v) is 1.75. The molecule has 0 aliphatic heterocycles. The minimum atomic E-state index is -0.432. The van der Waals surface area contributed by atoms with Crippen LogP contribution in [-0.2, 0) is 6.61 Å². The number of ether oxygens (including phenoxy) is 1. The van der Waals surface area contributed by atoms with E-state index in [0.717, 1.165) is 0 Å². The molecule has 2 nitrogen and oxygen atoms in total. The van der Waals surface area contributed by atoms with Gasteiger partial charge in [0.15, 0.2) is 0 Å². The van der Waals surface area contributed by atoms with E-state index >= 15 is 0 Å². The molecule has 0 radical (unpaired) electrons. The number of hydrogen-bond acceptors (Lipinski definition) is 2. The van der Waals surface area contributed by atoms with E-state index in [1.807, 2.05) is 0 Å². The number of aryl methyl sites for hydroxylation is 1. The van der Waals surface area contributed by atoms with Crippen LogP contribution in [0.4, 0.5) is 8.78 Å². The molecule has 2 aromatic carbocycles. The van der Waals surface area contributed by atoms with Gasteiger partial charge in [0.05, 0.1) is 0 Å². The van der Waals surface area contributed by atoms with E-state index in [-0.39, 0.29) is 19.0 Å². The van der Waals surface area contributed by atoms with Crippen molar-refractivity contribution in [3.8, 4) is 17.6 Å². The summed E-state index contributed by atoms with van der Waals surface area (Å²) in [6.45, 7) is 1.42. The lowest BCUT2D eigenvalue weighted by Gasteiger charge is -2.08. The van der Waals surface area contributed by atoms with Crippen molar-refractivity contribution in [2.45, 2.75) is 13.5 Å². The van der Waals surface area contributed by atoms with Crippen LogP contribution in [0.2, 0.25) is 0 Å². The highest BCUT2D eigenvalue weighted by Crippen LogP contribution is 2.18. The van der Waals surface area contributed by atoms with Crippen molar-refractivity contribution in [1.82, 2.24) is 0 Å². The second kappa shape index (κ2) is 6.87. The highest BCUT2D eigenvalue weighted by Gasteiger charge is 2.05. The Morgan fingerprint density at radius 1 is 1.10 bits per heavy atom. The molecule has 4 heteroatoms. The molecular formula is C17H14F2O2. The summed E-state index contributed by atoms with van der Waals surface area (Å²) < 4.78 is 32.4. The molecule has 1 N–H and O–H groups in total. The van der Waals surface area contributed by atoms with E-state index in [2.05, 4.69) is 11.8 Å². The second-order valence-electron chi connectivity index (χ2n) is 4.47. The molecule has 2 rings (SSSR count). The van der Waals surface area contributed by atoms with E-state index in [0.29, 0.717) is 22.4 Å². The Morgan fingerprint density at radius 3 is 2.57 bits per heavy atom. The van der Waals surface area contributed by atoms with Gasteiger partial charge in [-0.3, -0.25) is 0 Å². The zero-order valence-electron chi connectivity index (χ0n) is 11.5. The van der Waals surface area contributed by atoms with Gasteiger partial charge in [-0.25, -0.2) is 8.78 Å². The van der Waals surface area contributed by atoms with Crippen molar-refractivity contribution < 1.29 is 18.6 Å². The smallest absolute Gasteiger partial charge is 0.131 e. The molecule has 21 heavy (non-hydrogen) atoms. The van der Waals surface area contributed by atoms with Crippen LogP contribution in [0, 0.1) is 30.4 Å². The first-order valence-corrected chi connectivity index (χ1v) is 6.37. The van der Waals surface area contributed by atoms with E-state index in [9.17, 15) is 8.78 Å². The average molecular weight is 288 g/mol. The van der Waals surface area contributed by atoms with Crippen molar-refractivity contribution in [3.63, 3.8) is 0 Å². The summed E-state index contributed by atoms with van der Waals surface area (Å²) in [5.41, 5.74) is 1.34. The molecule has 0 heterocycles. The van der Waals surface area contributed by atoms with Crippen LogP contribution in [-0.4, -0.2) is 11.7 Å². The highest BCUT2D eigenvalue weighted by atomic mass is 19.1. The monoisotopic (exact) mass is 288 g/mol. The van der Waals surface area contributed by atoms with Crippen LogP contribution in [0.3, 0.4) is 0 Å². The Bertz CT molecular complexity index is 700. The van der Waals surface area contributed by atoms with Crippen LogP contribution >= 0.6 is 0 Å². The fraction of sp³-hybridized carbons (Fsp3) is 0.176. The van der Waals surface area contributed by atoms with Crippen LogP contribution in [0.1, 0.15) is 16.7 Å². The SMILES string of the molecule is Cc1cc(OCc2ccc(C#CCO)cc2F)ccc1F. The van der Waals surface area contributed by atoms with Crippen molar-refractivity contribution in [3.05, 3.63) is 64.7 Å². The van der Waals surface area contributed by atoms with Gasteiger partial charge in [0, 0.05) is 11.1 Å². The fourth-order valence-electron chi connectivity index (χ4n) is 1.75. The third-order valence-electron chi connectivity index (χ3n) is 2.89. The maximum absolute atomic E-state index is 13.9. The maximum atomic E-state index is 13.9. The van der Waals surface area contributed by atoms with E-state index in [1.165, 1.54) is 18.2 Å². The summed E-state index contributed by atoms with van der Waals surface area (Å²) in [5, 5.41) is 8.59. The summed E-state index contributed by atoms with van der Waals surface area (Å²) >= 11 is 0. The number of rotatable bonds is 3. The Balaban J connectivity index is 2.07. The van der Waals surface area contributed by atoms with E-state index in [1.54, 1.807) is 25.1 Å². The Hall–Kier alpha value is -2.38. The van der Waals surface area contributed by atoms with Gasteiger partial charge in [-0.15, -0.1) is 0 Å². The third-order valence-corrected chi connectivity index (χ3v) is 2.89. The maximum Gasteiger partial charge on any atom is 0.131 e. The molecular weight excluding hydrogens is 274 g/mol. The third kappa shape index (κ3) is 4.04. The van der Waals surface area contributed by atoms with Gasteiger partial charge in [-0.05, 0) is 42.8 Å². The van der Waals surface area contributed by atoms with Crippen molar-refractivity contribution in [2.24, 2.45) is 0 Å². The lowest BCUT2D eigenvalue weighted by Crippen LogP contribution is -1.99. The Kier molecular flexibility index (Phi) is 4.91. The summed E-state index contributed by atoms with van der Waals surface area (Å²) in [4.78, 5) is 0. The molecule has 0 bridgehead atoms. The summed E-state index contributed by atoms with van der Waals surface area (Å²) in [7, 11) is 0. The van der Waals surface area contributed by atoms with Crippen LogP contribution in [0.5, 0.6) is 5.75 Å². The quantitative estimate of drug-likeness (QED) is 0.879. The molecule has 0 aliphatic carbocycles. The number of hydrogen-bond donors (Lipinski definition) is 1. The molecule has 0 amide bonds. The Morgan fingerprint density at radius 2 is 1.90 bits per heavy atom. The van der Waals surface area contributed by atoms with Gasteiger partial charge in [0.1, 0.15) is 30.6 Å². The summed E-state index contributed by atoms with van der Waals surface area (Å²) in [6.07, 6.45) is 0. The van der Waals surface area contributed by atoms with Crippen molar-refractivity contribution in [2.75, 3.05) is 6.61 Å². The van der Waals surface area contributed by atoms with Crippen molar-refractivity contribution in [1.29, 1.82) is 0 Å². The van der Waals surface area contributed by atoms with Crippen LogP contribution < -0.4 is 4.74 Å². The average Bonchev–Trinajstić information content (AvgIpc) is 2.47. The molecule has 108 valence electrons. The normalized spacial score (nSPS) is 9.90. The molecule has 0 aromatic heterocycles. The lowest BCUT2D eigenvalue weighted by atomic mass is 10.1. The Labute approximate surface area is 122 Å². The highest BCUT2D eigenvalue weighted by molar-refractivity contribution is 5.37. The molecule has 0 aliphatic rings. The molecule has 0 atom stereocenters. The number of halogens is 2. The molecule has 0 fully saturated rings. The van der Waals surface area contributed by atoms with Gasteiger partial charge >= 0.3 is 0 Å². The zero-order valence-corrected chi connectivity index (χ0v) is 11.5. The lowest BCUT2D eigenvalue weighted by molar-refractivity contribution is 0.299. The molecule has 0 spiro atoms. The summed E-state index contributed by atoms with van der Waals surface area (Å²) in [6, 6.07) is 8.90. The topological polar surface area (TPSA) is 29.5 Å². The number of aliphatic hydroxyl groups excluding tert-OH is 1. The van der Waals surface area contributed by atoms with E-state index < -0.39 is 5.82 Å². The molecule has 0 unspecified atom stereocenters. The minimum Gasteiger partial charge on any atom is -0.489 e. The van der Waals surface area contributed by atoms with Gasteiger partial charge in [-0.1, -0.05) is 17.9 Å². The standard InChI is InChI=1S/C17H14F2O2/c1-12-9-15(6-7-16(12)18)21-11-14-5-4-13(3-2-8-20)10-17(14)19/h4-7,9-10,20H,8,11H2,1H3. The molecule has 0 saturated carbocycles. The van der Waals surface area contributed by atoms with Crippen LogP contribution in [0.15, 0.2) is 36.4 Å². The first-order valence-electron chi connectivity index (χ1n) is 6.37. The van der Waals surface area contributed by atoms with Gasteiger partial charge in [0.25, 0.3) is 0 Å². The van der Waals surface area contributed by atoms with Gasteiger partial charge in [-0.2, -0.15) is 0 Å². The first-order chi connectivity index (χ1) is 10.1. The minimum absolute atomic E-state index is 0.0462. The van der Waals surface area contributed by atoms with Gasteiger partial charge < -0.3 is 9.84 Å². The molecule has 2 aromatic rings. The second-order valence-corrected chi connectivity index (χ2v) is 4.47. The largest absolute Gasteiger partial charge is 0.489 e.